The fraction of sp³-hybridized carbons (Fsp3) is 0.438. The molecular formula is C16H20N4O2. The fourth-order valence-corrected chi connectivity index (χ4v) is 2.94. The van der Waals surface area contributed by atoms with Crippen LogP contribution in [0.1, 0.15) is 24.1 Å². The van der Waals surface area contributed by atoms with Gasteiger partial charge in [-0.3, -0.25) is 18.9 Å². The van der Waals surface area contributed by atoms with Crippen LogP contribution in [0.4, 0.5) is 0 Å². The molecule has 1 aliphatic rings. The maximum atomic E-state index is 12.2. The smallest absolute Gasteiger partial charge is 0.258 e. The Balaban J connectivity index is 1.76. The van der Waals surface area contributed by atoms with Gasteiger partial charge in [-0.15, -0.1) is 0 Å². The van der Waals surface area contributed by atoms with E-state index in [0.29, 0.717) is 12.2 Å². The molecule has 3 rings (SSSR count). The van der Waals surface area contributed by atoms with Gasteiger partial charge in [-0.05, 0) is 44.5 Å². The average Bonchev–Trinajstić information content (AvgIpc) is 2.49. The van der Waals surface area contributed by atoms with Crippen LogP contribution in [0.3, 0.4) is 0 Å². The van der Waals surface area contributed by atoms with Crippen molar-refractivity contribution in [2.45, 2.75) is 26.3 Å². The Morgan fingerprint density at radius 2 is 2.09 bits per heavy atom. The van der Waals surface area contributed by atoms with E-state index in [4.69, 9.17) is 5.73 Å². The van der Waals surface area contributed by atoms with E-state index in [1.54, 1.807) is 16.7 Å². The van der Waals surface area contributed by atoms with E-state index in [-0.39, 0.29) is 17.4 Å². The maximum Gasteiger partial charge on any atom is 0.258 e. The zero-order valence-corrected chi connectivity index (χ0v) is 12.7. The summed E-state index contributed by atoms with van der Waals surface area (Å²) in [6, 6.07) is 5.40. The van der Waals surface area contributed by atoms with E-state index in [1.165, 1.54) is 0 Å². The quantitative estimate of drug-likeness (QED) is 0.905. The molecular weight excluding hydrogens is 280 g/mol. The Labute approximate surface area is 128 Å². The minimum Gasteiger partial charge on any atom is -0.369 e. The number of aromatic nitrogens is 2. The number of primary amides is 1. The maximum absolute atomic E-state index is 12.2. The lowest BCUT2D eigenvalue weighted by atomic mass is 9.96. The predicted octanol–water partition coefficient (Wildman–Crippen LogP) is 0.700. The molecule has 0 aromatic carbocycles. The molecule has 1 aliphatic heterocycles. The van der Waals surface area contributed by atoms with E-state index >= 15 is 0 Å². The number of likely N-dealkylation sites (tertiary alicyclic amines) is 1. The lowest BCUT2D eigenvalue weighted by Gasteiger charge is -2.30. The molecule has 2 aromatic rings. The highest BCUT2D eigenvalue weighted by Crippen LogP contribution is 2.18. The molecule has 1 amide bonds. The number of nitrogens with zero attached hydrogens (tertiary/aromatic N) is 3. The molecule has 22 heavy (non-hydrogen) atoms. The van der Waals surface area contributed by atoms with Crippen LogP contribution in [0, 0.1) is 12.8 Å². The van der Waals surface area contributed by atoms with Crippen LogP contribution in [0.25, 0.3) is 5.65 Å². The first-order chi connectivity index (χ1) is 10.5. The molecule has 0 spiro atoms. The summed E-state index contributed by atoms with van der Waals surface area (Å²) in [6.07, 6.45) is 3.36. The van der Waals surface area contributed by atoms with Crippen LogP contribution in [0.15, 0.2) is 29.2 Å². The molecule has 0 bridgehead atoms. The first kappa shape index (κ1) is 14.7. The van der Waals surface area contributed by atoms with Crippen molar-refractivity contribution in [2.75, 3.05) is 13.1 Å². The number of piperidine rings is 1. The van der Waals surface area contributed by atoms with Crippen molar-refractivity contribution in [2.24, 2.45) is 11.7 Å². The Hall–Kier alpha value is -2.21. The number of carbonyl (C=O) groups excluding carboxylic acids is 1. The van der Waals surface area contributed by atoms with Gasteiger partial charge in [0.25, 0.3) is 5.56 Å². The SMILES string of the molecule is Cc1ccc2nc(CN3CCC(C(N)=O)CC3)cc(=O)n2c1. The summed E-state index contributed by atoms with van der Waals surface area (Å²) in [5, 5.41) is 0. The molecule has 0 atom stereocenters. The van der Waals surface area contributed by atoms with Crippen LogP contribution in [0.2, 0.25) is 0 Å². The second-order valence-electron chi connectivity index (χ2n) is 5.97. The highest BCUT2D eigenvalue weighted by molar-refractivity contribution is 5.76. The molecule has 1 fully saturated rings. The molecule has 116 valence electrons. The van der Waals surface area contributed by atoms with Gasteiger partial charge in [-0.25, -0.2) is 4.98 Å². The van der Waals surface area contributed by atoms with E-state index in [1.807, 2.05) is 19.1 Å². The van der Waals surface area contributed by atoms with Crippen LogP contribution in [-0.4, -0.2) is 33.3 Å². The molecule has 2 N–H and O–H groups in total. The molecule has 3 heterocycles. The average molecular weight is 300 g/mol. The third-order valence-corrected chi connectivity index (χ3v) is 4.24. The number of aryl methyl sites for hydroxylation is 1. The van der Waals surface area contributed by atoms with Crippen LogP contribution in [-0.2, 0) is 11.3 Å². The predicted molar refractivity (Wildman–Crippen MR) is 83.4 cm³/mol. The van der Waals surface area contributed by atoms with Crippen molar-refractivity contribution in [1.82, 2.24) is 14.3 Å². The Bertz CT molecular complexity index is 760. The number of fused-ring (bicyclic) bond motifs is 1. The monoisotopic (exact) mass is 300 g/mol. The Morgan fingerprint density at radius 3 is 2.77 bits per heavy atom. The summed E-state index contributed by atoms with van der Waals surface area (Å²) < 4.78 is 1.57. The summed E-state index contributed by atoms with van der Waals surface area (Å²) in [5.74, 6) is -0.230. The van der Waals surface area contributed by atoms with E-state index < -0.39 is 0 Å². The number of nitrogens with two attached hydrogens (primary N) is 1. The largest absolute Gasteiger partial charge is 0.369 e. The normalized spacial score (nSPS) is 17.0. The van der Waals surface area contributed by atoms with Gasteiger partial charge in [0, 0.05) is 24.7 Å². The second kappa shape index (κ2) is 5.88. The topological polar surface area (TPSA) is 80.7 Å². The standard InChI is InChI=1S/C16H20N4O2/c1-11-2-3-14-18-13(8-15(21)20(14)9-11)10-19-6-4-12(5-7-19)16(17)22/h2-3,8-9,12H,4-7,10H2,1H3,(H2,17,22). The van der Waals surface area contributed by atoms with Gasteiger partial charge in [0.15, 0.2) is 0 Å². The number of rotatable bonds is 3. The lowest BCUT2D eigenvalue weighted by Crippen LogP contribution is -2.38. The highest BCUT2D eigenvalue weighted by Gasteiger charge is 2.23. The zero-order chi connectivity index (χ0) is 15.7. The Kier molecular flexibility index (Phi) is 3.94. The van der Waals surface area contributed by atoms with Gasteiger partial charge < -0.3 is 5.73 Å². The van der Waals surface area contributed by atoms with Crippen molar-refractivity contribution in [1.29, 1.82) is 0 Å². The van der Waals surface area contributed by atoms with Gasteiger partial charge >= 0.3 is 0 Å². The Morgan fingerprint density at radius 1 is 1.36 bits per heavy atom. The number of hydrogen-bond donors (Lipinski definition) is 1. The van der Waals surface area contributed by atoms with Crippen molar-refractivity contribution >= 4 is 11.6 Å². The molecule has 1 saturated heterocycles. The van der Waals surface area contributed by atoms with E-state index in [9.17, 15) is 9.59 Å². The molecule has 6 nitrogen and oxygen atoms in total. The van der Waals surface area contributed by atoms with Crippen molar-refractivity contribution in [3.05, 3.63) is 46.0 Å². The summed E-state index contributed by atoms with van der Waals surface area (Å²) in [7, 11) is 0. The summed E-state index contributed by atoms with van der Waals surface area (Å²) >= 11 is 0. The summed E-state index contributed by atoms with van der Waals surface area (Å²) in [6.45, 7) is 4.19. The van der Waals surface area contributed by atoms with Gasteiger partial charge in [0.05, 0.1) is 5.69 Å². The minimum atomic E-state index is -0.211. The molecule has 2 aromatic heterocycles. The third-order valence-electron chi connectivity index (χ3n) is 4.24. The van der Waals surface area contributed by atoms with Crippen LogP contribution >= 0.6 is 0 Å². The number of carbonyl (C=O) groups is 1. The zero-order valence-electron chi connectivity index (χ0n) is 12.7. The lowest BCUT2D eigenvalue weighted by molar-refractivity contribution is -0.123. The molecule has 0 unspecified atom stereocenters. The van der Waals surface area contributed by atoms with E-state index in [2.05, 4.69) is 9.88 Å². The fourth-order valence-electron chi connectivity index (χ4n) is 2.94. The molecule has 0 radical (unpaired) electrons. The molecule has 6 heteroatoms. The number of hydrogen-bond acceptors (Lipinski definition) is 4. The first-order valence-corrected chi connectivity index (χ1v) is 7.53. The van der Waals surface area contributed by atoms with Crippen LogP contribution in [0.5, 0.6) is 0 Å². The van der Waals surface area contributed by atoms with Gasteiger partial charge in [0.1, 0.15) is 5.65 Å². The van der Waals surface area contributed by atoms with Crippen molar-refractivity contribution < 1.29 is 4.79 Å². The van der Waals surface area contributed by atoms with Gasteiger partial charge in [0.2, 0.25) is 5.91 Å². The van der Waals surface area contributed by atoms with Crippen LogP contribution < -0.4 is 11.3 Å². The first-order valence-electron chi connectivity index (χ1n) is 7.53. The summed E-state index contributed by atoms with van der Waals surface area (Å²) in [5.41, 5.74) is 7.75. The highest BCUT2D eigenvalue weighted by atomic mass is 16.1. The van der Waals surface area contributed by atoms with Gasteiger partial charge in [-0.1, -0.05) is 6.07 Å². The molecule has 0 saturated carbocycles. The van der Waals surface area contributed by atoms with Gasteiger partial charge in [-0.2, -0.15) is 0 Å². The molecule has 0 aliphatic carbocycles. The van der Waals surface area contributed by atoms with Crippen molar-refractivity contribution in [3.63, 3.8) is 0 Å². The van der Waals surface area contributed by atoms with Crippen molar-refractivity contribution in [3.8, 4) is 0 Å². The minimum absolute atomic E-state index is 0.0191. The second-order valence-corrected chi connectivity index (χ2v) is 5.97. The number of pyridine rings is 1. The van der Waals surface area contributed by atoms with E-state index in [0.717, 1.165) is 37.2 Å². The third kappa shape index (κ3) is 3.01. The number of amides is 1. The summed E-state index contributed by atoms with van der Waals surface area (Å²) in [4.78, 5) is 30.1.